The van der Waals surface area contributed by atoms with Gasteiger partial charge in [0.15, 0.2) is 11.6 Å². The summed E-state index contributed by atoms with van der Waals surface area (Å²) in [6.07, 6.45) is 6.54. The van der Waals surface area contributed by atoms with Gasteiger partial charge < -0.3 is 29.0 Å². The van der Waals surface area contributed by atoms with Gasteiger partial charge in [-0.1, -0.05) is 16.8 Å². The molecule has 0 atom stereocenters. The summed E-state index contributed by atoms with van der Waals surface area (Å²) in [5.41, 5.74) is 2.41. The fraction of sp³-hybridized carbons (Fsp3) is 0.464. The number of pyridine rings is 1. The van der Waals surface area contributed by atoms with Crippen LogP contribution in [0.2, 0.25) is 5.02 Å². The minimum absolute atomic E-state index is 0.182. The van der Waals surface area contributed by atoms with Gasteiger partial charge in [-0.25, -0.2) is 9.67 Å². The van der Waals surface area contributed by atoms with E-state index in [1.54, 1.807) is 31.0 Å². The Morgan fingerprint density at radius 2 is 1.95 bits per heavy atom. The second-order valence-corrected chi connectivity index (χ2v) is 10.5. The number of fused-ring (bicyclic) bond motifs is 1. The topological polar surface area (TPSA) is 121 Å². The summed E-state index contributed by atoms with van der Waals surface area (Å²) in [5, 5.41) is 13.2. The summed E-state index contributed by atoms with van der Waals surface area (Å²) < 4.78 is 19.1. The van der Waals surface area contributed by atoms with E-state index in [4.69, 9.17) is 30.8 Å². The van der Waals surface area contributed by atoms with Gasteiger partial charge in [0.1, 0.15) is 5.02 Å². The Morgan fingerprint density at radius 1 is 1.12 bits per heavy atom. The molecule has 0 bridgehead atoms. The highest BCUT2D eigenvalue weighted by Gasteiger charge is 2.23. The zero-order chi connectivity index (χ0) is 28.8. The first kappa shape index (κ1) is 28.8. The first-order chi connectivity index (χ1) is 19.9. The molecule has 41 heavy (non-hydrogen) atoms. The molecule has 218 valence electrons. The molecular formula is C28H35ClN8O4. The van der Waals surface area contributed by atoms with Crippen LogP contribution in [-0.4, -0.2) is 76.7 Å². The molecule has 0 spiro atoms. The van der Waals surface area contributed by atoms with Gasteiger partial charge in [-0.3, -0.25) is 4.79 Å². The Kier molecular flexibility index (Phi) is 9.32. The lowest BCUT2D eigenvalue weighted by molar-refractivity contribution is 0.0652. The molecular weight excluding hydrogens is 548 g/mol. The second-order valence-electron chi connectivity index (χ2n) is 10.1. The van der Waals surface area contributed by atoms with Crippen LogP contribution >= 0.6 is 11.6 Å². The van der Waals surface area contributed by atoms with Crippen molar-refractivity contribution in [2.45, 2.75) is 25.8 Å². The van der Waals surface area contributed by atoms with Crippen molar-refractivity contribution < 1.29 is 14.2 Å². The lowest BCUT2D eigenvalue weighted by Gasteiger charge is -2.31. The van der Waals surface area contributed by atoms with Crippen LogP contribution in [-0.2, 0) is 29.5 Å². The molecule has 1 N–H and O–H groups in total. The van der Waals surface area contributed by atoms with E-state index in [1.165, 1.54) is 7.11 Å². The predicted octanol–water partition coefficient (Wildman–Crippen LogP) is 3.45. The van der Waals surface area contributed by atoms with Crippen molar-refractivity contribution >= 4 is 40.0 Å². The number of aromatic nitrogens is 6. The number of ether oxygens (including phenoxy) is 3. The van der Waals surface area contributed by atoms with Gasteiger partial charge in [0.2, 0.25) is 5.95 Å². The number of nitrogens with one attached hydrogen (secondary N) is 1. The van der Waals surface area contributed by atoms with E-state index >= 15 is 0 Å². The van der Waals surface area contributed by atoms with Crippen LogP contribution in [0.25, 0.3) is 10.9 Å². The number of anilines is 3. The number of halogens is 1. The molecule has 1 aliphatic heterocycles. The van der Waals surface area contributed by atoms with Crippen LogP contribution in [0, 0.1) is 5.92 Å². The van der Waals surface area contributed by atoms with Gasteiger partial charge in [-0.15, -0.1) is 5.10 Å². The molecule has 0 aliphatic carbocycles. The van der Waals surface area contributed by atoms with Crippen molar-refractivity contribution in [1.29, 1.82) is 0 Å². The number of aryl methyl sites for hydroxylation is 1. The molecule has 12 nitrogen and oxygen atoms in total. The summed E-state index contributed by atoms with van der Waals surface area (Å²) in [7, 11) is 4.88. The van der Waals surface area contributed by atoms with Crippen molar-refractivity contribution in [1.82, 2.24) is 29.5 Å². The van der Waals surface area contributed by atoms with E-state index in [9.17, 15) is 4.79 Å². The highest BCUT2D eigenvalue weighted by atomic mass is 35.5. The number of benzene rings is 1. The molecule has 13 heteroatoms. The molecule has 1 aromatic carbocycles. The molecule has 4 heterocycles. The average Bonchev–Trinajstić information content (AvgIpc) is 3.43. The van der Waals surface area contributed by atoms with Crippen molar-refractivity contribution in [3.63, 3.8) is 0 Å². The quantitative estimate of drug-likeness (QED) is 0.249. The zero-order valence-electron chi connectivity index (χ0n) is 23.5. The minimum atomic E-state index is -0.182. The van der Waals surface area contributed by atoms with E-state index < -0.39 is 0 Å². The van der Waals surface area contributed by atoms with Crippen LogP contribution in [0.3, 0.4) is 0 Å². The number of nitrogens with zero attached hydrogens (tertiary/aromatic N) is 7. The van der Waals surface area contributed by atoms with Gasteiger partial charge in [0.25, 0.3) is 5.56 Å². The van der Waals surface area contributed by atoms with E-state index in [2.05, 4.69) is 25.5 Å². The van der Waals surface area contributed by atoms with E-state index in [0.29, 0.717) is 49.1 Å². The minimum Gasteiger partial charge on any atom is -0.491 e. The van der Waals surface area contributed by atoms with Gasteiger partial charge in [0, 0.05) is 44.5 Å². The standard InChI is InChI=1S/C28H35ClN8O4/c1-35-24-5-4-21(15-20(24)16-25(40-3)27(35)38)31-26-23(29)17-30-28(32-26)36-8-6-19(7-9-36)14-22-18-37(34-33-22)10-11-41-13-12-39-2/h4-5,15-19H,6-14H2,1-3H3,(H,30,31,32). The Bertz CT molecular complexity index is 1530. The fourth-order valence-electron chi connectivity index (χ4n) is 4.99. The molecule has 0 amide bonds. The third-order valence-corrected chi connectivity index (χ3v) is 7.56. The summed E-state index contributed by atoms with van der Waals surface area (Å²) in [6, 6.07) is 7.45. The highest BCUT2D eigenvalue weighted by molar-refractivity contribution is 6.32. The van der Waals surface area contributed by atoms with Crippen molar-refractivity contribution in [3.05, 3.63) is 57.7 Å². The van der Waals surface area contributed by atoms with Crippen molar-refractivity contribution in [2.24, 2.45) is 13.0 Å². The number of methoxy groups -OCH3 is 2. The second kappa shape index (κ2) is 13.3. The maximum Gasteiger partial charge on any atom is 0.293 e. The third kappa shape index (κ3) is 6.95. The van der Waals surface area contributed by atoms with Crippen molar-refractivity contribution in [3.8, 4) is 5.75 Å². The lowest BCUT2D eigenvalue weighted by atomic mass is 9.92. The molecule has 4 aromatic rings. The first-order valence-electron chi connectivity index (χ1n) is 13.6. The number of hydrogen-bond donors (Lipinski definition) is 1. The molecule has 0 saturated carbocycles. The normalized spacial score (nSPS) is 14.1. The maximum absolute atomic E-state index is 12.4. The average molecular weight is 583 g/mol. The lowest BCUT2D eigenvalue weighted by Crippen LogP contribution is -2.35. The summed E-state index contributed by atoms with van der Waals surface area (Å²) in [5.74, 6) is 1.97. The van der Waals surface area contributed by atoms with E-state index in [1.807, 2.05) is 29.1 Å². The molecule has 3 aromatic heterocycles. The van der Waals surface area contributed by atoms with Gasteiger partial charge in [-0.2, -0.15) is 4.98 Å². The third-order valence-electron chi connectivity index (χ3n) is 7.28. The molecule has 1 aliphatic rings. The van der Waals surface area contributed by atoms with Crippen LogP contribution in [0.5, 0.6) is 5.75 Å². The monoisotopic (exact) mass is 582 g/mol. The maximum atomic E-state index is 12.4. The van der Waals surface area contributed by atoms with E-state index in [-0.39, 0.29) is 11.3 Å². The number of piperidine rings is 1. The SMILES string of the molecule is COCCOCCn1cc(CC2CCN(c3ncc(Cl)c(Nc4ccc5c(c4)cc(OC)c(=O)n5C)n3)CC2)nn1. The summed E-state index contributed by atoms with van der Waals surface area (Å²) in [4.78, 5) is 23.8. The molecule has 0 unspecified atom stereocenters. The Balaban J connectivity index is 1.18. The fourth-order valence-corrected chi connectivity index (χ4v) is 5.13. The van der Waals surface area contributed by atoms with Crippen LogP contribution < -0.4 is 20.5 Å². The van der Waals surface area contributed by atoms with Crippen LogP contribution in [0.1, 0.15) is 18.5 Å². The number of rotatable bonds is 12. The number of hydrogen-bond acceptors (Lipinski definition) is 10. The smallest absolute Gasteiger partial charge is 0.293 e. The zero-order valence-corrected chi connectivity index (χ0v) is 24.3. The summed E-state index contributed by atoms with van der Waals surface area (Å²) >= 11 is 6.47. The van der Waals surface area contributed by atoms with Crippen molar-refractivity contribution in [2.75, 3.05) is 57.3 Å². The molecule has 0 radical (unpaired) electrons. The van der Waals surface area contributed by atoms with Gasteiger partial charge in [0.05, 0.1) is 50.9 Å². The largest absolute Gasteiger partial charge is 0.491 e. The van der Waals surface area contributed by atoms with E-state index in [0.717, 1.165) is 54.6 Å². The van der Waals surface area contributed by atoms with Crippen LogP contribution in [0.4, 0.5) is 17.5 Å². The molecule has 1 fully saturated rings. The van der Waals surface area contributed by atoms with Gasteiger partial charge >= 0.3 is 0 Å². The van der Waals surface area contributed by atoms with Crippen LogP contribution in [0.15, 0.2) is 41.5 Å². The Morgan fingerprint density at radius 3 is 2.73 bits per heavy atom. The Hall–Kier alpha value is -3.74. The highest BCUT2D eigenvalue weighted by Crippen LogP contribution is 2.29. The summed E-state index contributed by atoms with van der Waals surface area (Å²) in [6.45, 7) is 4.11. The molecule has 1 saturated heterocycles. The Labute approximate surface area is 243 Å². The predicted molar refractivity (Wildman–Crippen MR) is 157 cm³/mol. The molecule has 5 rings (SSSR count). The van der Waals surface area contributed by atoms with Gasteiger partial charge in [-0.05, 0) is 49.4 Å². The first-order valence-corrected chi connectivity index (χ1v) is 14.0.